The van der Waals surface area contributed by atoms with Gasteiger partial charge in [-0.05, 0) is 24.3 Å². The Morgan fingerprint density at radius 1 is 1.24 bits per heavy atom. The van der Waals surface area contributed by atoms with Crippen LogP contribution in [-0.4, -0.2) is 32.2 Å². The second-order valence-corrected chi connectivity index (χ2v) is 4.33. The Hall–Kier alpha value is -3.22. The van der Waals surface area contributed by atoms with E-state index in [2.05, 4.69) is 20.5 Å². The van der Waals surface area contributed by atoms with Crippen LogP contribution >= 0.6 is 0 Å². The number of rotatable bonds is 3. The van der Waals surface area contributed by atoms with Gasteiger partial charge in [0.15, 0.2) is 0 Å². The summed E-state index contributed by atoms with van der Waals surface area (Å²) in [6, 6.07) is 7.91. The van der Waals surface area contributed by atoms with Crippen LogP contribution in [0.3, 0.4) is 0 Å². The van der Waals surface area contributed by atoms with E-state index < -0.39 is 11.9 Å². The van der Waals surface area contributed by atoms with Gasteiger partial charge in [0.1, 0.15) is 5.69 Å². The van der Waals surface area contributed by atoms with Crippen molar-refractivity contribution in [3.63, 3.8) is 0 Å². The van der Waals surface area contributed by atoms with Gasteiger partial charge in [0, 0.05) is 11.6 Å². The molecule has 1 aromatic carbocycles. The molecule has 7 heteroatoms. The molecule has 0 spiro atoms. The number of H-pyrrole nitrogens is 1. The zero-order valence-corrected chi connectivity index (χ0v) is 10.7. The molecule has 0 aliphatic heterocycles. The summed E-state index contributed by atoms with van der Waals surface area (Å²) in [5.74, 6) is -1.61. The summed E-state index contributed by atoms with van der Waals surface area (Å²) in [5, 5.41) is 19.0. The molecule has 3 aromatic rings. The highest BCUT2D eigenvalue weighted by atomic mass is 16.4. The SMILES string of the molecule is O=C(Nc1cc2cn[nH]c2cc1C(=O)O)c1ccccn1. The molecule has 0 saturated carbocycles. The van der Waals surface area contributed by atoms with Gasteiger partial charge in [-0.15, -0.1) is 0 Å². The molecule has 0 fully saturated rings. The van der Waals surface area contributed by atoms with E-state index in [0.29, 0.717) is 10.9 Å². The molecule has 3 rings (SSSR count). The van der Waals surface area contributed by atoms with E-state index in [9.17, 15) is 14.7 Å². The van der Waals surface area contributed by atoms with Crippen LogP contribution in [0.2, 0.25) is 0 Å². The molecule has 0 bridgehead atoms. The van der Waals surface area contributed by atoms with Gasteiger partial charge in [-0.2, -0.15) is 5.10 Å². The predicted octanol–water partition coefficient (Wildman–Crippen LogP) is 1.91. The molecule has 0 radical (unpaired) electrons. The van der Waals surface area contributed by atoms with Crippen molar-refractivity contribution in [3.8, 4) is 0 Å². The van der Waals surface area contributed by atoms with Crippen molar-refractivity contribution in [2.75, 3.05) is 5.32 Å². The maximum atomic E-state index is 12.1. The van der Waals surface area contributed by atoms with Gasteiger partial charge in [0.2, 0.25) is 0 Å². The Morgan fingerprint density at radius 2 is 2.10 bits per heavy atom. The van der Waals surface area contributed by atoms with Gasteiger partial charge in [0.25, 0.3) is 5.91 Å². The molecule has 0 saturated heterocycles. The first-order valence-corrected chi connectivity index (χ1v) is 6.08. The van der Waals surface area contributed by atoms with Crippen LogP contribution in [0.4, 0.5) is 5.69 Å². The average Bonchev–Trinajstić information content (AvgIpc) is 2.94. The number of aromatic nitrogens is 3. The molecule has 0 aliphatic rings. The summed E-state index contributed by atoms with van der Waals surface area (Å²) in [4.78, 5) is 27.3. The maximum Gasteiger partial charge on any atom is 0.337 e. The van der Waals surface area contributed by atoms with E-state index in [1.807, 2.05) is 0 Å². The second kappa shape index (κ2) is 5.04. The van der Waals surface area contributed by atoms with Crippen molar-refractivity contribution >= 4 is 28.5 Å². The first-order valence-electron chi connectivity index (χ1n) is 6.08. The number of pyridine rings is 1. The van der Waals surface area contributed by atoms with Crippen molar-refractivity contribution in [1.29, 1.82) is 0 Å². The number of aromatic carboxylic acids is 1. The number of fused-ring (bicyclic) bond motifs is 1. The van der Waals surface area contributed by atoms with Gasteiger partial charge < -0.3 is 10.4 Å². The van der Waals surface area contributed by atoms with Crippen LogP contribution in [0.1, 0.15) is 20.8 Å². The molecular weight excluding hydrogens is 272 g/mol. The van der Waals surface area contributed by atoms with Crippen molar-refractivity contribution in [2.45, 2.75) is 0 Å². The summed E-state index contributed by atoms with van der Waals surface area (Å²) < 4.78 is 0. The van der Waals surface area contributed by atoms with Crippen LogP contribution in [0.5, 0.6) is 0 Å². The fourth-order valence-electron chi connectivity index (χ4n) is 1.96. The molecule has 2 heterocycles. The quantitative estimate of drug-likeness (QED) is 0.680. The summed E-state index contributed by atoms with van der Waals surface area (Å²) in [6.07, 6.45) is 3.05. The Morgan fingerprint density at radius 3 is 2.81 bits per heavy atom. The summed E-state index contributed by atoms with van der Waals surface area (Å²) in [6.45, 7) is 0. The number of amides is 1. The maximum absolute atomic E-state index is 12.1. The Balaban J connectivity index is 2.01. The highest BCUT2D eigenvalue weighted by Gasteiger charge is 2.16. The number of carbonyl (C=O) groups is 2. The molecule has 0 atom stereocenters. The first kappa shape index (κ1) is 12.8. The van der Waals surface area contributed by atoms with Crippen molar-refractivity contribution < 1.29 is 14.7 Å². The number of anilines is 1. The first-order chi connectivity index (χ1) is 10.1. The fourth-order valence-corrected chi connectivity index (χ4v) is 1.96. The number of carboxylic acids is 1. The minimum atomic E-state index is -1.14. The topological polar surface area (TPSA) is 108 Å². The molecule has 1 amide bonds. The number of benzene rings is 1. The number of nitrogens with zero attached hydrogens (tertiary/aromatic N) is 2. The third-order valence-electron chi connectivity index (χ3n) is 2.95. The molecule has 0 unspecified atom stereocenters. The molecular formula is C14H10N4O3. The van der Waals surface area contributed by atoms with Crippen molar-refractivity contribution in [3.05, 3.63) is 54.0 Å². The van der Waals surface area contributed by atoms with Gasteiger partial charge in [0.05, 0.1) is 23.0 Å². The lowest BCUT2D eigenvalue weighted by Gasteiger charge is -2.08. The van der Waals surface area contributed by atoms with E-state index in [4.69, 9.17) is 0 Å². The minimum Gasteiger partial charge on any atom is -0.478 e. The Kier molecular flexibility index (Phi) is 3.07. The van der Waals surface area contributed by atoms with Gasteiger partial charge in [-0.3, -0.25) is 14.9 Å². The normalized spacial score (nSPS) is 10.5. The number of carbonyl (C=O) groups excluding carboxylic acids is 1. The molecule has 21 heavy (non-hydrogen) atoms. The van der Waals surface area contributed by atoms with Crippen LogP contribution in [0, 0.1) is 0 Å². The highest BCUT2D eigenvalue weighted by Crippen LogP contribution is 2.23. The van der Waals surface area contributed by atoms with Crippen molar-refractivity contribution in [2.24, 2.45) is 0 Å². The lowest BCUT2D eigenvalue weighted by atomic mass is 10.1. The summed E-state index contributed by atoms with van der Waals surface area (Å²) >= 11 is 0. The van der Waals surface area contributed by atoms with Gasteiger partial charge >= 0.3 is 5.97 Å². The van der Waals surface area contributed by atoms with Crippen LogP contribution in [0.25, 0.3) is 10.9 Å². The standard InChI is InChI=1S/C14H10N4O3/c19-13(10-3-1-2-4-15-10)17-12-5-8-7-16-18-11(8)6-9(12)14(20)21/h1-7H,(H,16,18)(H,17,19)(H,20,21). The lowest BCUT2D eigenvalue weighted by Crippen LogP contribution is -2.16. The Bertz CT molecular complexity index is 827. The third-order valence-corrected chi connectivity index (χ3v) is 2.95. The third kappa shape index (κ3) is 2.44. The van der Waals surface area contributed by atoms with E-state index >= 15 is 0 Å². The number of nitrogens with one attached hydrogen (secondary N) is 2. The minimum absolute atomic E-state index is 0.0176. The average molecular weight is 282 g/mol. The predicted molar refractivity (Wildman–Crippen MR) is 75.2 cm³/mol. The largest absolute Gasteiger partial charge is 0.478 e. The number of hydrogen-bond acceptors (Lipinski definition) is 4. The summed E-state index contributed by atoms with van der Waals surface area (Å²) in [7, 11) is 0. The van der Waals surface area contributed by atoms with Gasteiger partial charge in [-0.1, -0.05) is 6.07 Å². The van der Waals surface area contributed by atoms with Crippen LogP contribution in [0.15, 0.2) is 42.7 Å². The molecule has 2 aromatic heterocycles. The highest BCUT2D eigenvalue weighted by molar-refractivity contribution is 6.08. The fraction of sp³-hybridized carbons (Fsp3) is 0. The second-order valence-electron chi connectivity index (χ2n) is 4.33. The lowest BCUT2D eigenvalue weighted by molar-refractivity contribution is 0.0698. The molecule has 104 valence electrons. The van der Waals surface area contributed by atoms with Crippen molar-refractivity contribution in [1.82, 2.24) is 15.2 Å². The van der Waals surface area contributed by atoms with E-state index in [-0.39, 0.29) is 16.9 Å². The number of aromatic amines is 1. The van der Waals surface area contributed by atoms with Crippen LogP contribution < -0.4 is 5.32 Å². The van der Waals surface area contributed by atoms with E-state index in [0.717, 1.165) is 0 Å². The summed E-state index contributed by atoms with van der Waals surface area (Å²) in [5.41, 5.74) is 0.979. The van der Waals surface area contributed by atoms with Crippen LogP contribution in [-0.2, 0) is 0 Å². The smallest absolute Gasteiger partial charge is 0.337 e. The zero-order valence-electron chi connectivity index (χ0n) is 10.7. The molecule has 3 N–H and O–H groups in total. The van der Waals surface area contributed by atoms with E-state index in [1.54, 1.807) is 30.5 Å². The van der Waals surface area contributed by atoms with E-state index in [1.165, 1.54) is 12.3 Å². The molecule has 0 aliphatic carbocycles. The zero-order chi connectivity index (χ0) is 14.8. The number of carboxylic acid groups (broad SMARTS) is 1. The number of hydrogen-bond donors (Lipinski definition) is 3. The molecule has 7 nitrogen and oxygen atoms in total. The Labute approximate surface area is 118 Å². The van der Waals surface area contributed by atoms with Gasteiger partial charge in [-0.25, -0.2) is 4.79 Å². The monoisotopic (exact) mass is 282 g/mol.